The van der Waals surface area contributed by atoms with E-state index in [0.717, 1.165) is 29.6 Å². The maximum atomic E-state index is 6.12. The lowest BCUT2D eigenvalue weighted by Crippen LogP contribution is -2.33. The Morgan fingerprint density at radius 1 is 1.62 bits per heavy atom. The van der Waals surface area contributed by atoms with Crippen LogP contribution in [0.4, 0.5) is 0 Å². The molecule has 16 heavy (non-hydrogen) atoms. The van der Waals surface area contributed by atoms with E-state index in [0.29, 0.717) is 5.88 Å². The van der Waals surface area contributed by atoms with E-state index in [1.54, 1.807) is 0 Å². The Morgan fingerprint density at radius 2 is 2.44 bits per heavy atom. The molecule has 1 aliphatic heterocycles. The lowest BCUT2D eigenvalue weighted by Gasteiger charge is -2.29. The summed E-state index contributed by atoms with van der Waals surface area (Å²) in [5.74, 6) is 0.631. The fourth-order valence-electron chi connectivity index (χ4n) is 2.15. The molecular weight excluding hydrogens is 289 g/mol. The van der Waals surface area contributed by atoms with Crippen LogP contribution >= 0.6 is 27.5 Å². The standard InChI is InChI=1S/C12H15BrClNO/c1-9-12(8-14,4-5-16-9)6-11-3-2-10(13)7-15-11/h2-3,7,9H,4-6,8H2,1H3. The highest BCUT2D eigenvalue weighted by atomic mass is 79.9. The van der Waals surface area contributed by atoms with Crippen molar-refractivity contribution in [2.24, 2.45) is 5.41 Å². The average Bonchev–Trinajstić information content (AvgIpc) is 2.64. The van der Waals surface area contributed by atoms with Crippen LogP contribution in [0.5, 0.6) is 0 Å². The predicted octanol–water partition coefficient (Wildman–Crippen LogP) is 3.42. The number of ether oxygens (including phenoxy) is 1. The smallest absolute Gasteiger partial charge is 0.0619 e. The molecule has 1 fully saturated rings. The van der Waals surface area contributed by atoms with Gasteiger partial charge < -0.3 is 4.74 Å². The minimum atomic E-state index is 0.0579. The molecule has 1 saturated heterocycles. The fraction of sp³-hybridized carbons (Fsp3) is 0.583. The van der Waals surface area contributed by atoms with Crippen molar-refractivity contribution in [3.8, 4) is 0 Å². The van der Waals surface area contributed by atoms with E-state index in [2.05, 4.69) is 27.8 Å². The van der Waals surface area contributed by atoms with E-state index >= 15 is 0 Å². The van der Waals surface area contributed by atoms with Gasteiger partial charge >= 0.3 is 0 Å². The van der Waals surface area contributed by atoms with E-state index in [9.17, 15) is 0 Å². The second-order valence-corrected chi connectivity index (χ2v) is 5.59. The molecule has 1 aromatic rings. The molecule has 2 nitrogen and oxygen atoms in total. The lowest BCUT2D eigenvalue weighted by molar-refractivity contribution is 0.0731. The zero-order valence-corrected chi connectivity index (χ0v) is 11.6. The van der Waals surface area contributed by atoms with Crippen LogP contribution in [-0.4, -0.2) is 23.6 Å². The predicted molar refractivity (Wildman–Crippen MR) is 68.8 cm³/mol. The molecule has 0 saturated carbocycles. The minimum Gasteiger partial charge on any atom is -0.378 e. The minimum absolute atomic E-state index is 0.0579. The molecule has 0 aliphatic carbocycles. The van der Waals surface area contributed by atoms with Crippen LogP contribution in [0.1, 0.15) is 19.0 Å². The summed E-state index contributed by atoms with van der Waals surface area (Å²) in [6.07, 6.45) is 3.97. The monoisotopic (exact) mass is 303 g/mol. The van der Waals surface area contributed by atoms with Gasteiger partial charge in [-0.3, -0.25) is 4.98 Å². The Hall–Kier alpha value is -0.120. The maximum Gasteiger partial charge on any atom is 0.0619 e. The molecule has 2 rings (SSSR count). The maximum absolute atomic E-state index is 6.12. The number of rotatable bonds is 3. The molecule has 4 heteroatoms. The molecule has 2 unspecified atom stereocenters. The number of hydrogen-bond donors (Lipinski definition) is 0. The van der Waals surface area contributed by atoms with E-state index in [1.807, 2.05) is 18.3 Å². The molecule has 2 atom stereocenters. The van der Waals surface area contributed by atoms with Crippen molar-refractivity contribution >= 4 is 27.5 Å². The van der Waals surface area contributed by atoms with E-state index in [4.69, 9.17) is 16.3 Å². The van der Waals surface area contributed by atoms with Crippen molar-refractivity contribution in [3.63, 3.8) is 0 Å². The molecule has 1 aromatic heterocycles. The summed E-state index contributed by atoms with van der Waals surface area (Å²) in [4.78, 5) is 4.41. The third-order valence-corrected chi connectivity index (χ3v) is 4.42. The first-order valence-corrected chi connectivity index (χ1v) is 6.77. The summed E-state index contributed by atoms with van der Waals surface area (Å²) in [5, 5.41) is 0. The number of aromatic nitrogens is 1. The third-order valence-electron chi connectivity index (χ3n) is 3.42. The van der Waals surface area contributed by atoms with Gasteiger partial charge in [0.2, 0.25) is 0 Å². The van der Waals surface area contributed by atoms with Crippen LogP contribution in [0.3, 0.4) is 0 Å². The topological polar surface area (TPSA) is 22.1 Å². The molecule has 0 N–H and O–H groups in total. The van der Waals surface area contributed by atoms with Crippen LogP contribution in [0, 0.1) is 5.41 Å². The van der Waals surface area contributed by atoms with Gasteiger partial charge in [-0.25, -0.2) is 0 Å². The average molecular weight is 305 g/mol. The fourth-order valence-corrected chi connectivity index (χ4v) is 2.83. The molecule has 0 bridgehead atoms. The quantitative estimate of drug-likeness (QED) is 0.798. The van der Waals surface area contributed by atoms with Gasteiger partial charge in [-0.15, -0.1) is 11.6 Å². The van der Waals surface area contributed by atoms with Crippen LogP contribution in [0.15, 0.2) is 22.8 Å². The van der Waals surface area contributed by atoms with E-state index in [-0.39, 0.29) is 11.5 Å². The molecule has 88 valence electrons. The Kier molecular flexibility index (Phi) is 3.88. The first kappa shape index (κ1) is 12.3. The highest BCUT2D eigenvalue weighted by Gasteiger charge is 2.41. The number of alkyl halides is 1. The van der Waals surface area contributed by atoms with E-state index in [1.165, 1.54) is 0 Å². The number of hydrogen-bond acceptors (Lipinski definition) is 2. The first-order chi connectivity index (χ1) is 7.66. The van der Waals surface area contributed by atoms with Gasteiger partial charge in [-0.05, 0) is 47.8 Å². The zero-order chi connectivity index (χ0) is 11.6. The van der Waals surface area contributed by atoms with Crippen molar-refractivity contribution in [2.45, 2.75) is 25.9 Å². The first-order valence-electron chi connectivity index (χ1n) is 5.44. The van der Waals surface area contributed by atoms with Crippen molar-refractivity contribution in [1.29, 1.82) is 0 Å². The number of pyridine rings is 1. The number of nitrogens with zero attached hydrogens (tertiary/aromatic N) is 1. The molecule has 0 amide bonds. The molecule has 2 heterocycles. The van der Waals surface area contributed by atoms with Crippen molar-refractivity contribution < 1.29 is 4.74 Å². The largest absolute Gasteiger partial charge is 0.378 e. The molecular formula is C12H15BrClNO. The van der Waals surface area contributed by atoms with Crippen molar-refractivity contribution in [2.75, 3.05) is 12.5 Å². The second-order valence-electron chi connectivity index (χ2n) is 4.40. The van der Waals surface area contributed by atoms with Crippen LogP contribution in [0.25, 0.3) is 0 Å². The normalized spacial score (nSPS) is 29.6. The van der Waals surface area contributed by atoms with Crippen LogP contribution in [-0.2, 0) is 11.2 Å². The Morgan fingerprint density at radius 3 is 2.94 bits per heavy atom. The SMILES string of the molecule is CC1OCCC1(CCl)Cc1ccc(Br)cn1. The highest BCUT2D eigenvalue weighted by molar-refractivity contribution is 9.10. The highest BCUT2D eigenvalue weighted by Crippen LogP contribution is 2.39. The summed E-state index contributed by atoms with van der Waals surface area (Å²) in [7, 11) is 0. The summed E-state index contributed by atoms with van der Waals surface area (Å²) in [5.41, 5.74) is 1.14. The van der Waals surface area contributed by atoms with Crippen LogP contribution in [0.2, 0.25) is 0 Å². The third kappa shape index (κ3) is 2.41. The number of halogens is 2. The van der Waals surface area contributed by atoms with Gasteiger partial charge in [-0.1, -0.05) is 0 Å². The van der Waals surface area contributed by atoms with Crippen LogP contribution < -0.4 is 0 Å². The Balaban J connectivity index is 2.15. The van der Waals surface area contributed by atoms with Gasteiger partial charge in [0.1, 0.15) is 0 Å². The Bertz CT molecular complexity index is 357. The summed E-state index contributed by atoms with van der Waals surface area (Å²) in [6, 6.07) is 4.06. The Labute approximate surface area is 109 Å². The summed E-state index contributed by atoms with van der Waals surface area (Å²) >= 11 is 9.51. The zero-order valence-electron chi connectivity index (χ0n) is 9.25. The summed E-state index contributed by atoms with van der Waals surface area (Å²) in [6.45, 7) is 2.92. The molecule has 0 aromatic carbocycles. The van der Waals surface area contributed by atoms with Crippen molar-refractivity contribution in [1.82, 2.24) is 4.98 Å². The lowest BCUT2D eigenvalue weighted by atomic mass is 9.79. The van der Waals surface area contributed by atoms with Gasteiger partial charge in [0.25, 0.3) is 0 Å². The second kappa shape index (κ2) is 5.03. The molecule has 0 spiro atoms. The van der Waals surface area contributed by atoms with Gasteiger partial charge in [0.05, 0.1) is 6.10 Å². The van der Waals surface area contributed by atoms with Gasteiger partial charge in [0, 0.05) is 34.3 Å². The van der Waals surface area contributed by atoms with Gasteiger partial charge in [0.15, 0.2) is 0 Å². The van der Waals surface area contributed by atoms with Crippen molar-refractivity contribution in [3.05, 3.63) is 28.5 Å². The molecule has 1 aliphatic rings. The molecule has 0 radical (unpaired) electrons. The summed E-state index contributed by atoms with van der Waals surface area (Å²) < 4.78 is 6.64. The van der Waals surface area contributed by atoms with Gasteiger partial charge in [-0.2, -0.15) is 0 Å². The van der Waals surface area contributed by atoms with E-state index < -0.39 is 0 Å².